The molecule has 102 valence electrons. The lowest BCUT2D eigenvalue weighted by atomic mass is 9.87. The van der Waals surface area contributed by atoms with Crippen LogP contribution in [0.2, 0.25) is 0 Å². The van der Waals surface area contributed by atoms with Crippen LogP contribution in [0.25, 0.3) is 0 Å². The molecule has 1 unspecified atom stereocenters. The fourth-order valence-corrected chi connectivity index (χ4v) is 2.73. The lowest BCUT2D eigenvalue weighted by Crippen LogP contribution is -2.39. The molecule has 19 heavy (non-hydrogen) atoms. The molecule has 2 aliphatic heterocycles. The van der Waals surface area contributed by atoms with Crippen molar-refractivity contribution < 1.29 is 9.59 Å². The second kappa shape index (κ2) is 5.72. The zero-order chi connectivity index (χ0) is 12.5. The molecule has 3 rings (SSSR count). The molecule has 2 aliphatic rings. The van der Waals surface area contributed by atoms with E-state index in [0.29, 0.717) is 12.8 Å². The van der Waals surface area contributed by atoms with Crippen LogP contribution in [0.15, 0.2) is 18.2 Å². The summed E-state index contributed by atoms with van der Waals surface area (Å²) < 4.78 is 0. The number of nitrogens with one attached hydrogen (secondary N) is 2. The van der Waals surface area contributed by atoms with Gasteiger partial charge in [0.2, 0.25) is 11.8 Å². The van der Waals surface area contributed by atoms with Gasteiger partial charge in [0.15, 0.2) is 0 Å². The van der Waals surface area contributed by atoms with Crippen LogP contribution in [-0.2, 0) is 22.6 Å². The molecule has 2 heterocycles. The quantitative estimate of drug-likeness (QED) is 0.762. The van der Waals surface area contributed by atoms with Crippen molar-refractivity contribution in [2.24, 2.45) is 0 Å². The van der Waals surface area contributed by atoms with Gasteiger partial charge in [0, 0.05) is 13.0 Å². The number of rotatable bonds is 1. The van der Waals surface area contributed by atoms with E-state index in [9.17, 15) is 9.59 Å². The molecule has 1 atom stereocenters. The van der Waals surface area contributed by atoms with Gasteiger partial charge in [-0.2, -0.15) is 0 Å². The van der Waals surface area contributed by atoms with Gasteiger partial charge in [-0.05, 0) is 36.1 Å². The molecule has 1 aromatic rings. The first-order valence-electron chi connectivity index (χ1n) is 6.40. The third kappa shape index (κ3) is 2.80. The highest BCUT2D eigenvalue weighted by Crippen LogP contribution is 2.27. The van der Waals surface area contributed by atoms with Crippen molar-refractivity contribution in [3.63, 3.8) is 0 Å². The topological polar surface area (TPSA) is 58.2 Å². The van der Waals surface area contributed by atoms with Crippen molar-refractivity contribution >= 4 is 24.2 Å². The summed E-state index contributed by atoms with van der Waals surface area (Å²) >= 11 is 0. The SMILES string of the molecule is Cl.O=C1CCC(c2ccc3c(c2)CNCC3)C(=O)N1. The molecule has 1 saturated heterocycles. The first-order chi connectivity index (χ1) is 8.74. The number of benzene rings is 1. The number of fused-ring (bicyclic) bond motifs is 1. The van der Waals surface area contributed by atoms with Crippen molar-refractivity contribution in [3.8, 4) is 0 Å². The number of piperidine rings is 1. The minimum Gasteiger partial charge on any atom is -0.312 e. The Morgan fingerprint density at radius 2 is 1.95 bits per heavy atom. The summed E-state index contributed by atoms with van der Waals surface area (Å²) in [5.74, 6) is -0.485. The summed E-state index contributed by atoms with van der Waals surface area (Å²) in [6, 6.07) is 6.26. The number of hydrogen-bond donors (Lipinski definition) is 2. The molecule has 2 amide bonds. The molecule has 4 nitrogen and oxygen atoms in total. The van der Waals surface area contributed by atoms with Crippen LogP contribution < -0.4 is 10.6 Å². The average Bonchev–Trinajstić information content (AvgIpc) is 2.38. The molecular weight excluding hydrogens is 264 g/mol. The summed E-state index contributed by atoms with van der Waals surface area (Å²) in [4.78, 5) is 23.0. The number of halogens is 1. The largest absolute Gasteiger partial charge is 0.312 e. The van der Waals surface area contributed by atoms with Gasteiger partial charge in [0.05, 0.1) is 5.92 Å². The smallest absolute Gasteiger partial charge is 0.234 e. The standard InChI is InChI=1S/C14H16N2O2.ClH/c17-13-4-3-12(14(18)16-13)10-2-1-9-5-6-15-8-11(9)7-10;/h1-2,7,12,15H,3-6,8H2,(H,16,17,18);1H. The van der Waals surface area contributed by atoms with E-state index in [4.69, 9.17) is 0 Å². The number of carbonyl (C=O) groups excluding carboxylic acids is 2. The maximum absolute atomic E-state index is 11.8. The Morgan fingerprint density at radius 1 is 1.11 bits per heavy atom. The predicted molar refractivity (Wildman–Crippen MR) is 74.2 cm³/mol. The van der Waals surface area contributed by atoms with Crippen LogP contribution in [0.1, 0.15) is 35.4 Å². The zero-order valence-corrected chi connectivity index (χ0v) is 11.4. The second-order valence-electron chi connectivity index (χ2n) is 4.96. The second-order valence-corrected chi connectivity index (χ2v) is 4.96. The fraction of sp³-hybridized carbons (Fsp3) is 0.429. The van der Waals surface area contributed by atoms with Crippen LogP contribution in [-0.4, -0.2) is 18.4 Å². The highest BCUT2D eigenvalue weighted by Gasteiger charge is 2.28. The van der Waals surface area contributed by atoms with E-state index in [1.807, 2.05) is 6.07 Å². The molecule has 0 spiro atoms. The van der Waals surface area contributed by atoms with Gasteiger partial charge in [-0.1, -0.05) is 18.2 Å². The summed E-state index contributed by atoms with van der Waals surface area (Å²) in [6.45, 7) is 1.89. The monoisotopic (exact) mass is 280 g/mol. The van der Waals surface area contributed by atoms with Gasteiger partial charge in [-0.15, -0.1) is 12.4 Å². The summed E-state index contributed by atoms with van der Waals surface area (Å²) in [5, 5.41) is 5.75. The summed E-state index contributed by atoms with van der Waals surface area (Å²) in [7, 11) is 0. The zero-order valence-electron chi connectivity index (χ0n) is 10.6. The first kappa shape index (κ1) is 14.0. The van der Waals surface area contributed by atoms with Gasteiger partial charge in [-0.25, -0.2) is 0 Å². The van der Waals surface area contributed by atoms with Crippen LogP contribution in [0.3, 0.4) is 0 Å². The lowest BCUT2D eigenvalue weighted by Gasteiger charge is -2.23. The van der Waals surface area contributed by atoms with E-state index in [1.165, 1.54) is 11.1 Å². The van der Waals surface area contributed by atoms with Crippen molar-refractivity contribution in [2.45, 2.75) is 31.7 Å². The third-order valence-corrected chi connectivity index (χ3v) is 3.76. The van der Waals surface area contributed by atoms with Crippen LogP contribution in [0.4, 0.5) is 0 Å². The van der Waals surface area contributed by atoms with Gasteiger partial charge >= 0.3 is 0 Å². The lowest BCUT2D eigenvalue weighted by molar-refractivity contribution is -0.134. The predicted octanol–water partition coefficient (Wildman–Crippen LogP) is 1.27. The van der Waals surface area contributed by atoms with E-state index in [1.54, 1.807) is 0 Å². The van der Waals surface area contributed by atoms with Crippen molar-refractivity contribution in [1.82, 2.24) is 10.6 Å². The average molecular weight is 281 g/mol. The Bertz CT molecular complexity index is 516. The fourth-order valence-electron chi connectivity index (χ4n) is 2.73. The normalized spacial score (nSPS) is 22.2. The van der Waals surface area contributed by atoms with Crippen molar-refractivity contribution in [2.75, 3.05) is 6.54 Å². The molecule has 5 heteroatoms. The Hall–Kier alpha value is -1.39. The number of hydrogen-bond acceptors (Lipinski definition) is 3. The van der Waals surface area contributed by atoms with Gasteiger partial charge in [0.25, 0.3) is 0 Å². The van der Waals surface area contributed by atoms with Crippen molar-refractivity contribution in [1.29, 1.82) is 0 Å². The first-order valence-corrected chi connectivity index (χ1v) is 6.40. The Morgan fingerprint density at radius 3 is 2.74 bits per heavy atom. The van der Waals surface area contributed by atoms with E-state index < -0.39 is 0 Å². The molecule has 0 saturated carbocycles. The van der Waals surface area contributed by atoms with E-state index >= 15 is 0 Å². The number of imide groups is 1. The van der Waals surface area contributed by atoms with E-state index in [2.05, 4.69) is 22.8 Å². The number of carbonyl (C=O) groups is 2. The van der Waals surface area contributed by atoms with Crippen LogP contribution in [0, 0.1) is 0 Å². The Kier molecular flexibility index (Phi) is 4.22. The molecule has 1 aromatic carbocycles. The minimum absolute atomic E-state index is 0. The molecule has 0 aliphatic carbocycles. The van der Waals surface area contributed by atoms with Gasteiger partial charge < -0.3 is 5.32 Å². The van der Waals surface area contributed by atoms with E-state index in [-0.39, 0.29) is 30.1 Å². The molecule has 0 bridgehead atoms. The van der Waals surface area contributed by atoms with Gasteiger partial charge in [-0.3, -0.25) is 14.9 Å². The van der Waals surface area contributed by atoms with Gasteiger partial charge in [0.1, 0.15) is 0 Å². The molecule has 0 aromatic heterocycles. The highest BCUT2D eigenvalue weighted by molar-refractivity contribution is 6.00. The molecule has 1 fully saturated rings. The minimum atomic E-state index is -0.171. The van der Waals surface area contributed by atoms with Crippen LogP contribution >= 0.6 is 12.4 Å². The maximum atomic E-state index is 11.8. The number of amides is 2. The molecule has 0 radical (unpaired) electrons. The van der Waals surface area contributed by atoms with E-state index in [0.717, 1.165) is 25.1 Å². The molecular formula is C14H17ClN2O2. The third-order valence-electron chi connectivity index (χ3n) is 3.76. The maximum Gasteiger partial charge on any atom is 0.234 e. The Balaban J connectivity index is 0.00000133. The Labute approximate surface area is 118 Å². The van der Waals surface area contributed by atoms with Crippen molar-refractivity contribution in [3.05, 3.63) is 34.9 Å². The van der Waals surface area contributed by atoms with Crippen LogP contribution in [0.5, 0.6) is 0 Å². The highest BCUT2D eigenvalue weighted by atomic mass is 35.5. The summed E-state index contributed by atoms with van der Waals surface area (Å²) in [6.07, 6.45) is 2.10. The summed E-state index contributed by atoms with van der Waals surface area (Å²) in [5.41, 5.74) is 3.68. The molecule has 2 N–H and O–H groups in total.